The maximum absolute atomic E-state index is 13.5. The van der Waals surface area contributed by atoms with E-state index < -0.39 is 16.1 Å². The van der Waals surface area contributed by atoms with Gasteiger partial charge in [0, 0.05) is 37.6 Å². The van der Waals surface area contributed by atoms with Gasteiger partial charge in [-0.3, -0.25) is 9.59 Å². The molecule has 1 N–H and O–H groups in total. The summed E-state index contributed by atoms with van der Waals surface area (Å²) in [7, 11) is -3.50. The van der Waals surface area contributed by atoms with Crippen LogP contribution in [0.4, 0.5) is 0 Å². The van der Waals surface area contributed by atoms with E-state index >= 15 is 0 Å². The SMILES string of the molecule is C[C@H](C(=O)NCc1ccc2c(c1)OCO2)N(Cc1ccc(Cl)cc1)C(=O)CCc1ccc(S(=O)(=O)N2CCCC2)cc1. The third-order valence-electron chi connectivity index (χ3n) is 7.59. The largest absolute Gasteiger partial charge is 0.454 e. The van der Waals surface area contributed by atoms with Gasteiger partial charge in [-0.15, -0.1) is 0 Å². The Kier molecular flexibility index (Phi) is 9.35. The zero-order chi connectivity index (χ0) is 29.7. The van der Waals surface area contributed by atoms with Crippen LogP contribution in [0.2, 0.25) is 5.02 Å². The molecule has 222 valence electrons. The highest BCUT2D eigenvalue weighted by Crippen LogP contribution is 2.32. The van der Waals surface area contributed by atoms with Gasteiger partial charge < -0.3 is 19.7 Å². The molecule has 0 bridgehead atoms. The predicted molar refractivity (Wildman–Crippen MR) is 159 cm³/mol. The van der Waals surface area contributed by atoms with Crippen LogP contribution in [0.5, 0.6) is 11.5 Å². The molecule has 0 aliphatic carbocycles. The summed E-state index contributed by atoms with van der Waals surface area (Å²) in [4.78, 5) is 28.6. The molecule has 3 aromatic carbocycles. The average molecular weight is 612 g/mol. The number of nitrogens with one attached hydrogen (secondary N) is 1. The Hall–Kier alpha value is -3.60. The summed E-state index contributed by atoms with van der Waals surface area (Å²) in [6, 6.07) is 18.6. The van der Waals surface area contributed by atoms with Gasteiger partial charge in [-0.1, -0.05) is 41.9 Å². The molecule has 2 aliphatic rings. The first-order valence-electron chi connectivity index (χ1n) is 14.0. The standard InChI is InChI=1S/C31H34ClN3O6S/c1-22(31(37)33-19-25-8-14-28-29(18-25)41-21-40-28)35(20-24-4-10-26(32)11-5-24)30(36)15-9-23-6-12-27(13-7-23)42(38,39)34-16-2-3-17-34/h4-8,10-14,18,22H,2-3,9,15-17,19-21H2,1H3,(H,33,37)/t22-/m1/s1. The number of hydrogen-bond donors (Lipinski definition) is 1. The maximum atomic E-state index is 13.5. The number of halogens is 1. The molecule has 0 spiro atoms. The lowest BCUT2D eigenvalue weighted by Crippen LogP contribution is -2.47. The third kappa shape index (κ3) is 7.06. The molecule has 9 nitrogen and oxygen atoms in total. The highest BCUT2D eigenvalue weighted by atomic mass is 35.5. The summed E-state index contributed by atoms with van der Waals surface area (Å²) in [5.74, 6) is 0.827. The second-order valence-corrected chi connectivity index (χ2v) is 12.9. The number of rotatable bonds is 11. The third-order valence-corrected chi connectivity index (χ3v) is 9.76. The fourth-order valence-electron chi connectivity index (χ4n) is 5.06. The van der Waals surface area contributed by atoms with E-state index in [1.165, 1.54) is 4.31 Å². The van der Waals surface area contributed by atoms with Crippen molar-refractivity contribution in [1.29, 1.82) is 0 Å². The van der Waals surface area contributed by atoms with Crippen molar-refractivity contribution < 1.29 is 27.5 Å². The van der Waals surface area contributed by atoms with Gasteiger partial charge in [-0.25, -0.2) is 8.42 Å². The summed E-state index contributed by atoms with van der Waals surface area (Å²) in [6.07, 6.45) is 2.32. The predicted octanol–water partition coefficient (Wildman–Crippen LogP) is 4.52. The zero-order valence-corrected chi connectivity index (χ0v) is 25.0. The van der Waals surface area contributed by atoms with E-state index in [4.69, 9.17) is 21.1 Å². The number of amides is 2. The van der Waals surface area contributed by atoms with Crippen molar-refractivity contribution in [1.82, 2.24) is 14.5 Å². The molecule has 2 amide bonds. The Morgan fingerprint density at radius 1 is 0.929 bits per heavy atom. The highest BCUT2D eigenvalue weighted by molar-refractivity contribution is 7.89. The molecule has 1 atom stereocenters. The molecule has 0 aromatic heterocycles. The van der Waals surface area contributed by atoms with Crippen molar-refractivity contribution in [3.63, 3.8) is 0 Å². The maximum Gasteiger partial charge on any atom is 0.243 e. The Morgan fingerprint density at radius 2 is 1.57 bits per heavy atom. The molecule has 3 aromatic rings. The van der Waals surface area contributed by atoms with Gasteiger partial charge >= 0.3 is 0 Å². The molecular formula is C31H34ClN3O6S. The van der Waals surface area contributed by atoms with E-state index in [-0.39, 0.29) is 43.0 Å². The monoisotopic (exact) mass is 611 g/mol. The average Bonchev–Trinajstić information content (AvgIpc) is 3.71. The minimum Gasteiger partial charge on any atom is -0.454 e. The van der Waals surface area contributed by atoms with Crippen molar-refractivity contribution in [2.45, 2.75) is 56.6 Å². The number of fused-ring (bicyclic) bond motifs is 1. The number of sulfonamides is 1. The lowest BCUT2D eigenvalue weighted by atomic mass is 10.1. The van der Waals surface area contributed by atoms with Crippen LogP contribution >= 0.6 is 11.6 Å². The fraction of sp³-hybridized carbons (Fsp3) is 0.355. The first kappa shape index (κ1) is 29.9. The van der Waals surface area contributed by atoms with Gasteiger partial charge in [0.2, 0.25) is 28.6 Å². The van der Waals surface area contributed by atoms with Gasteiger partial charge in [0.1, 0.15) is 6.04 Å². The van der Waals surface area contributed by atoms with Crippen molar-refractivity contribution in [3.8, 4) is 11.5 Å². The molecule has 1 saturated heterocycles. The molecule has 5 rings (SSSR count). The molecule has 0 radical (unpaired) electrons. The molecule has 42 heavy (non-hydrogen) atoms. The van der Waals surface area contributed by atoms with Gasteiger partial charge in [-0.05, 0) is 79.3 Å². The number of aryl methyl sites for hydroxylation is 1. The van der Waals surface area contributed by atoms with E-state index in [2.05, 4.69) is 5.32 Å². The van der Waals surface area contributed by atoms with E-state index in [1.807, 2.05) is 24.3 Å². The molecule has 2 heterocycles. The summed E-state index contributed by atoms with van der Waals surface area (Å²) in [5.41, 5.74) is 2.54. The van der Waals surface area contributed by atoms with E-state index in [0.29, 0.717) is 36.0 Å². The number of hydrogen-bond acceptors (Lipinski definition) is 6. The fourth-order valence-corrected chi connectivity index (χ4v) is 6.70. The van der Waals surface area contributed by atoms with Crippen LogP contribution in [0.25, 0.3) is 0 Å². The Bertz CT molecular complexity index is 1520. The van der Waals surface area contributed by atoms with Gasteiger partial charge in [0.25, 0.3) is 0 Å². The summed E-state index contributed by atoms with van der Waals surface area (Å²) >= 11 is 6.05. The molecular weight excluding hydrogens is 578 g/mol. The molecule has 0 unspecified atom stereocenters. The first-order valence-corrected chi connectivity index (χ1v) is 15.8. The van der Waals surface area contributed by atoms with E-state index in [0.717, 1.165) is 29.5 Å². The summed E-state index contributed by atoms with van der Waals surface area (Å²) < 4.78 is 37.9. The van der Waals surface area contributed by atoms with Crippen LogP contribution in [0.15, 0.2) is 71.6 Å². The molecule has 0 saturated carbocycles. The zero-order valence-electron chi connectivity index (χ0n) is 23.4. The second-order valence-electron chi connectivity index (χ2n) is 10.5. The summed E-state index contributed by atoms with van der Waals surface area (Å²) in [6.45, 7) is 3.48. The number of carbonyl (C=O) groups is 2. The topological polar surface area (TPSA) is 105 Å². The van der Waals surface area contributed by atoms with Crippen molar-refractivity contribution >= 4 is 33.4 Å². The number of ether oxygens (including phenoxy) is 2. The minimum atomic E-state index is -3.50. The van der Waals surface area contributed by atoms with Crippen LogP contribution < -0.4 is 14.8 Å². The van der Waals surface area contributed by atoms with Crippen molar-refractivity contribution in [2.24, 2.45) is 0 Å². The van der Waals surface area contributed by atoms with Crippen molar-refractivity contribution in [2.75, 3.05) is 19.9 Å². The lowest BCUT2D eigenvalue weighted by Gasteiger charge is -2.29. The minimum absolute atomic E-state index is 0.158. The van der Waals surface area contributed by atoms with E-state index in [1.54, 1.807) is 54.3 Å². The van der Waals surface area contributed by atoms with Crippen LogP contribution in [0, 0.1) is 0 Å². The Balaban J connectivity index is 1.23. The summed E-state index contributed by atoms with van der Waals surface area (Å²) in [5, 5.41) is 3.51. The second kappa shape index (κ2) is 13.1. The van der Waals surface area contributed by atoms with Gasteiger partial charge in [-0.2, -0.15) is 4.31 Å². The molecule has 2 aliphatic heterocycles. The Labute approximate surface area is 251 Å². The van der Waals surface area contributed by atoms with Crippen LogP contribution in [0.1, 0.15) is 42.9 Å². The quantitative estimate of drug-likeness (QED) is 0.342. The first-order chi connectivity index (χ1) is 20.2. The molecule has 1 fully saturated rings. The smallest absolute Gasteiger partial charge is 0.243 e. The van der Waals surface area contributed by atoms with E-state index in [9.17, 15) is 18.0 Å². The number of nitrogens with zero attached hydrogens (tertiary/aromatic N) is 2. The van der Waals surface area contributed by atoms with Gasteiger partial charge in [0.15, 0.2) is 11.5 Å². The Morgan fingerprint density at radius 3 is 2.29 bits per heavy atom. The van der Waals surface area contributed by atoms with Crippen LogP contribution in [-0.2, 0) is 39.1 Å². The highest BCUT2D eigenvalue weighted by Gasteiger charge is 2.28. The molecule has 11 heteroatoms. The number of benzene rings is 3. The van der Waals surface area contributed by atoms with Crippen LogP contribution in [0.3, 0.4) is 0 Å². The van der Waals surface area contributed by atoms with Crippen LogP contribution in [-0.4, -0.2) is 55.4 Å². The van der Waals surface area contributed by atoms with Crippen molar-refractivity contribution in [3.05, 3.63) is 88.4 Å². The normalized spacial score (nSPS) is 15.4. The lowest BCUT2D eigenvalue weighted by molar-refractivity contribution is -0.140. The van der Waals surface area contributed by atoms with Gasteiger partial charge in [0.05, 0.1) is 4.90 Å². The number of carbonyl (C=O) groups excluding carboxylic acids is 2.